The van der Waals surface area contributed by atoms with Crippen LogP contribution in [0.25, 0.3) is 11.5 Å². The van der Waals surface area contributed by atoms with Crippen molar-refractivity contribution in [2.45, 2.75) is 25.2 Å². The van der Waals surface area contributed by atoms with E-state index in [1.54, 1.807) is 38.1 Å². The normalized spacial score (nSPS) is 10.8. The number of anilines is 1. The monoisotopic (exact) mass is 523 g/mol. The largest absolute Gasteiger partial charge is 0.459 e. The molecule has 0 saturated carbocycles. The Kier molecular flexibility index (Phi) is 7.26. The van der Waals surface area contributed by atoms with Gasteiger partial charge in [0.2, 0.25) is 11.8 Å². The SMILES string of the molecule is CC(C)OC(=O)c1ccccc1NC(=O)CSc1nnc(-c2ccc(I)cc2)o1. The lowest BCUT2D eigenvalue weighted by Gasteiger charge is -2.12. The Bertz CT molecular complexity index is 1000. The van der Waals surface area contributed by atoms with E-state index in [0.717, 1.165) is 20.9 Å². The molecule has 3 rings (SSSR count). The number of esters is 1. The van der Waals surface area contributed by atoms with Gasteiger partial charge < -0.3 is 14.5 Å². The number of thioether (sulfide) groups is 1. The zero-order valence-electron chi connectivity index (χ0n) is 15.7. The van der Waals surface area contributed by atoms with Gasteiger partial charge >= 0.3 is 5.97 Å². The van der Waals surface area contributed by atoms with E-state index in [-0.39, 0.29) is 17.8 Å². The van der Waals surface area contributed by atoms with Crippen LogP contribution in [0.3, 0.4) is 0 Å². The van der Waals surface area contributed by atoms with Gasteiger partial charge in [-0.25, -0.2) is 4.79 Å². The van der Waals surface area contributed by atoms with Gasteiger partial charge in [-0.1, -0.05) is 23.9 Å². The van der Waals surface area contributed by atoms with Crippen LogP contribution in [0, 0.1) is 3.57 Å². The van der Waals surface area contributed by atoms with E-state index in [0.29, 0.717) is 22.4 Å². The number of aromatic nitrogens is 2. The Labute approximate surface area is 185 Å². The number of rotatable bonds is 7. The molecule has 0 spiro atoms. The van der Waals surface area contributed by atoms with Gasteiger partial charge in [0.1, 0.15) is 0 Å². The minimum absolute atomic E-state index is 0.0574. The van der Waals surface area contributed by atoms with Crippen molar-refractivity contribution in [2.75, 3.05) is 11.1 Å². The fourth-order valence-corrected chi connectivity index (χ4v) is 3.26. The Hall–Kier alpha value is -2.40. The average Bonchev–Trinajstić information content (AvgIpc) is 3.16. The van der Waals surface area contributed by atoms with Crippen LogP contribution in [0.15, 0.2) is 58.2 Å². The van der Waals surface area contributed by atoms with E-state index in [2.05, 4.69) is 38.1 Å². The number of para-hydroxylation sites is 1. The number of hydrogen-bond donors (Lipinski definition) is 1. The maximum Gasteiger partial charge on any atom is 0.340 e. The predicted octanol–water partition coefficient (Wildman–Crippen LogP) is 4.64. The summed E-state index contributed by atoms with van der Waals surface area (Å²) >= 11 is 3.34. The van der Waals surface area contributed by atoms with E-state index in [1.165, 1.54) is 0 Å². The van der Waals surface area contributed by atoms with Crippen molar-refractivity contribution in [3.63, 3.8) is 0 Å². The highest BCUT2D eigenvalue weighted by atomic mass is 127. The fourth-order valence-electron chi connectivity index (χ4n) is 2.34. The van der Waals surface area contributed by atoms with Crippen LogP contribution in [-0.4, -0.2) is 33.9 Å². The van der Waals surface area contributed by atoms with Crippen molar-refractivity contribution < 1.29 is 18.7 Å². The number of amides is 1. The molecule has 0 aliphatic heterocycles. The molecule has 3 aromatic rings. The first-order valence-corrected chi connectivity index (χ1v) is 10.8. The molecule has 29 heavy (non-hydrogen) atoms. The third kappa shape index (κ3) is 6.04. The third-order valence-corrected chi connectivity index (χ3v) is 5.13. The predicted molar refractivity (Wildman–Crippen MR) is 119 cm³/mol. The van der Waals surface area contributed by atoms with Crippen molar-refractivity contribution in [3.05, 3.63) is 57.7 Å². The number of ether oxygens (including phenoxy) is 1. The van der Waals surface area contributed by atoms with Gasteiger partial charge in [-0.15, -0.1) is 10.2 Å². The van der Waals surface area contributed by atoms with Crippen LogP contribution in [0.2, 0.25) is 0 Å². The summed E-state index contributed by atoms with van der Waals surface area (Å²) < 4.78 is 11.9. The molecule has 150 valence electrons. The molecule has 0 fully saturated rings. The Morgan fingerprint density at radius 3 is 2.59 bits per heavy atom. The number of carbonyl (C=O) groups excluding carboxylic acids is 2. The molecule has 1 heterocycles. The summed E-state index contributed by atoms with van der Waals surface area (Å²) in [5.74, 6) is -0.329. The number of hydrogen-bond acceptors (Lipinski definition) is 7. The van der Waals surface area contributed by atoms with Gasteiger partial charge in [0.05, 0.1) is 23.1 Å². The van der Waals surface area contributed by atoms with Crippen LogP contribution in [-0.2, 0) is 9.53 Å². The molecule has 2 aromatic carbocycles. The summed E-state index contributed by atoms with van der Waals surface area (Å²) in [6.07, 6.45) is -0.249. The number of halogens is 1. The van der Waals surface area contributed by atoms with Crippen LogP contribution in [0.4, 0.5) is 5.69 Å². The molecule has 7 nitrogen and oxygen atoms in total. The number of carbonyl (C=O) groups is 2. The highest BCUT2D eigenvalue weighted by Gasteiger charge is 2.16. The van der Waals surface area contributed by atoms with Gasteiger partial charge in [0.25, 0.3) is 5.22 Å². The molecular weight excluding hydrogens is 505 g/mol. The van der Waals surface area contributed by atoms with E-state index in [1.807, 2.05) is 24.3 Å². The van der Waals surface area contributed by atoms with Gasteiger partial charge in [0, 0.05) is 9.13 Å². The van der Waals surface area contributed by atoms with Crippen molar-refractivity contribution in [2.24, 2.45) is 0 Å². The zero-order chi connectivity index (χ0) is 20.8. The molecule has 0 saturated heterocycles. The first-order chi connectivity index (χ1) is 13.9. The van der Waals surface area contributed by atoms with Gasteiger partial charge in [-0.05, 0) is 72.8 Å². The summed E-state index contributed by atoms with van der Waals surface area (Å²) in [4.78, 5) is 24.5. The molecule has 0 aliphatic carbocycles. The lowest BCUT2D eigenvalue weighted by atomic mass is 10.2. The molecule has 9 heteroatoms. The van der Waals surface area contributed by atoms with E-state index >= 15 is 0 Å². The summed E-state index contributed by atoms with van der Waals surface area (Å²) in [5.41, 5.74) is 1.51. The maximum atomic E-state index is 12.3. The van der Waals surface area contributed by atoms with Crippen molar-refractivity contribution >= 4 is 51.9 Å². The number of nitrogens with zero attached hydrogens (tertiary/aromatic N) is 2. The summed E-state index contributed by atoms with van der Waals surface area (Å²) in [7, 11) is 0. The van der Waals surface area contributed by atoms with Crippen LogP contribution in [0.5, 0.6) is 0 Å². The lowest BCUT2D eigenvalue weighted by molar-refractivity contribution is -0.113. The average molecular weight is 523 g/mol. The molecule has 1 N–H and O–H groups in total. The zero-order valence-corrected chi connectivity index (χ0v) is 18.7. The van der Waals surface area contributed by atoms with Crippen molar-refractivity contribution in [1.82, 2.24) is 10.2 Å². The number of nitrogens with one attached hydrogen (secondary N) is 1. The standard InChI is InChI=1S/C20H18IN3O4S/c1-12(2)27-19(26)15-5-3-4-6-16(15)22-17(25)11-29-20-24-23-18(28-20)13-7-9-14(21)10-8-13/h3-10,12H,11H2,1-2H3,(H,22,25). The van der Waals surface area contributed by atoms with Crippen molar-refractivity contribution in [1.29, 1.82) is 0 Å². The van der Waals surface area contributed by atoms with Gasteiger partial charge in [-0.3, -0.25) is 4.79 Å². The summed E-state index contributed by atoms with van der Waals surface area (Å²) in [5, 5.41) is 11.0. The fraction of sp³-hybridized carbons (Fsp3) is 0.200. The number of benzene rings is 2. The molecule has 0 atom stereocenters. The molecule has 1 aromatic heterocycles. The molecule has 0 unspecified atom stereocenters. The quantitative estimate of drug-likeness (QED) is 0.274. The smallest absolute Gasteiger partial charge is 0.340 e. The van der Waals surface area contributed by atoms with Crippen molar-refractivity contribution in [3.8, 4) is 11.5 Å². The van der Waals surface area contributed by atoms with E-state index in [4.69, 9.17) is 9.15 Å². The molecular formula is C20H18IN3O4S. The second-order valence-corrected chi connectivity index (χ2v) is 8.39. The van der Waals surface area contributed by atoms with E-state index < -0.39 is 5.97 Å². The second kappa shape index (κ2) is 9.88. The Morgan fingerprint density at radius 2 is 1.86 bits per heavy atom. The molecule has 0 aliphatic rings. The third-order valence-electron chi connectivity index (χ3n) is 3.59. The maximum absolute atomic E-state index is 12.3. The first-order valence-electron chi connectivity index (χ1n) is 8.74. The van der Waals surface area contributed by atoms with Crippen LogP contribution < -0.4 is 5.32 Å². The minimum Gasteiger partial charge on any atom is -0.459 e. The second-order valence-electron chi connectivity index (χ2n) is 6.22. The van der Waals surface area contributed by atoms with Gasteiger partial charge in [-0.2, -0.15) is 0 Å². The summed E-state index contributed by atoms with van der Waals surface area (Å²) in [6, 6.07) is 14.4. The van der Waals surface area contributed by atoms with E-state index in [9.17, 15) is 9.59 Å². The van der Waals surface area contributed by atoms with Crippen LogP contribution >= 0.6 is 34.4 Å². The van der Waals surface area contributed by atoms with Crippen LogP contribution in [0.1, 0.15) is 24.2 Å². The summed E-state index contributed by atoms with van der Waals surface area (Å²) in [6.45, 7) is 3.54. The highest BCUT2D eigenvalue weighted by Crippen LogP contribution is 2.24. The minimum atomic E-state index is -0.484. The molecule has 1 amide bonds. The first kappa shape index (κ1) is 21.3. The topological polar surface area (TPSA) is 94.3 Å². The Balaban J connectivity index is 1.60. The molecule has 0 bridgehead atoms. The highest BCUT2D eigenvalue weighted by molar-refractivity contribution is 14.1. The Morgan fingerprint density at radius 1 is 1.14 bits per heavy atom. The lowest BCUT2D eigenvalue weighted by Crippen LogP contribution is -2.18. The molecule has 0 radical (unpaired) electrons. The van der Waals surface area contributed by atoms with Gasteiger partial charge in [0.15, 0.2) is 0 Å².